The van der Waals surface area contributed by atoms with Crippen LogP contribution in [0.25, 0.3) is 0 Å². The normalized spacial score (nSPS) is 21.5. The van der Waals surface area contributed by atoms with Crippen LogP contribution in [0.4, 0.5) is 11.4 Å². The Morgan fingerprint density at radius 1 is 1.10 bits per heavy atom. The predicted molar refractivity (Wildman–Crippen MR) is 122 cm³/mol. The largest absolute Gasteiger partial charge is 0.369 e. The van der Waals surface area contributed by atoms with Gasteiger partial charge in [-0.1, -0.05) is 24.9 Å². The standard InChI is InChI=1S/C21H30ClN7O/c1-2-18(30)28-12-10-27(11-13-28)16-7-6-15(22)14-17(16)29-20(24)25-19(23)26-21(29)8-4-3-5-9-21/h6-7,14H,2-5,8-13H2,1H3,(H4,23,24,25,26). The van der Waals surface area contributed by atoms with Crippen molar-refractivity contribution in [1.29, 1.82) is 0 Å². The van der Waals surface area contributed by atoms with Crippen LogP contribution < -0.4 is 21.3 Å². The number of piperazine rings is 1. The number of rotatable bonds is 3. The number of hydrogen-bond donors (Lipinski definition) is 2. The van der Waals surface area contributed by atoms with Crippen molar-refractivity contribution in [3.05, 3.63) is 23.2 Å². The van der Waals surface area contributed by atoms with Gasteiger partial charge in [0.1, 0.15) is 5.66 Å². The van der Waals surface area contributed by atoms with Crippen LogP contribution >= 0.6 is 11.6 Å². The van der Waals surface area contributed by atoms with Crippen LogP contribution in [0, 0.1) is 0 Å². The molecule has 1 spiro atoms. The predicted octanol–water partition coefficient (Wildman–Crippen LogP) is 2.51. The first-order chi connectivity index (χ1) is 14.4. The number of carbonyl (C=O) groups excluding carboxylic acids is 1. The van der Waals surface area contributed by atoms with E-state index in [1.165, 1.54) is 6.42 Å². The molecule has 0 radical (unpaired) electrons. The molecule has 4 N–H and O–H groups in total. The number of aliphatic imine (C=N–C) groups is 2. The van der Waals surface area contributed by atoms with Gasteiger partial charge >= 0.3 is 0 Å². The van der Waals surface area contributed by atoms with E-state index in [4.69, 9.17) is 28.1 Å². The van der Waals surface area contributed by atoms with Gasteiger partial charge in [-0.3, -0.25) is 9.69 Å². The highest BCUT2D eigenvalue weighted by Crippen LogP contribution is 2.43. The van der Waals surface area contributed by atoms with Gasteiger partial charge in [-0.15, -0.1) is 0 Å². The summed E-state index contributed by atoms with van der Waals surface area (Å²) in [6.45, 7) is 4.82. The Labute approximate surface area is 182 Å². The second-order valence-corrected chi connectivity index (χ2v) is 8.61. The monoisotopic (exact) mass is 431 g/mol. The van der Waals surface area contributed by atoms with Crippen LogP contribution in [-0.4, -0.2) is 54.6 Å². The van der Waals surface area contributed by atoms with Crippen molar-refractivity contribution >= 4 is 40.8 Å². The molecule has 9 heteroatoms. The molecule has 2 fully saturated rings. The van der Waals surface area contributed by atoms with Crippen molar-refractivity contribution in [2.75, 3.05) is 36.0 Å². The molecule has 1 aliphatic carbocycles. The third kappa shape index (κ3) is 3.80. The van der Waals surface area contributed by atoms with E-state index in [9.17, 15) is 4.79 Å². The molecule has 0 aromatic heterocycles. The zero-order valence-corrected chi connectivity index (χ0v) is 18.2. The first-order valence-electron chi connectivity index (χ1n) is 10.8. The molecule has 0 unspecified atom stereocenters. The van der Waals surface area contributed by atoms with E-state index in [0.29, 0.717) is 30.5 Å². The van der Waals surface area contributed by atoms with Crippen molar-refractivity contribution in [2.24, 2.45) is 21.5 Å². The molecule has 162 valence electrons. The SMILES string of the molecule is CCC(=O)N1CCN(c2ccc(Cl)cc2N2C(N)=NC(N)=NC23CCCCC3)CC1. The van der Waals surface area contributed by atoms with Crippen LogP contribution in [0.3, 0.4) is 0 Å². The third-order valence-electron chi connectivity index (χ3n) is 6.31. The van der Waals surface area contributed by atoms with Crippen LogP contribution in [0.5, 0.6) is 0 Å². The minimum Gasteiger partial charge on any atom is -0.369 e. The van der Waals surface area contributed by atoms with Gasteiger partial charge in [-0.2, -0.15) is 4.99 Å². The summed E-state index contributed by atoms with van der Waals surface area (Å²) in [7, 11) is 0. The number of nitrogens with zero attached hydrogens (tertiary/aromatic N) is 5. The summed E-state index contributed by atoms with van der Waals surface area (Å²) in [6.07, 6.45) is 5.58. The molecule has 30 heavy (non-hydrogen) atoms. The second-order valence-electron chi connectivity index (χ2n) is 8.17. The minimum absolute atomic E-state index is 0.198. The van der Waals surface area contributed by atoms with Crippen molar-refractivity contribution in [3.8, 4) is 0 Å². The molecule has 1 aromatic carbocycles. The lowest BCUT2D eigenvalue weighted by atomic mass is 9.87. The quantitative estimate of drug-likeness (QED) is 0.765. The summed E-state index contributed by atoms with van der Waals surface area (Å²) >= 11 is 6.42. The van der Waals surface area contributed by atoms with E-state index in [2.05, 4.69) is 9.89 Å². The lowest BCUT2D eigenvalue weighted by molar-refractivity contribution is -0.131. The van der Waals surface area contributed by atoms with Gasteiger partial charge in [0.2, 0.25) is 17.8 Å². The molecule has 1 saturated carbocycles. The smallest absolute Gasteiger partial charge is 0.222 e. The number of amides is 1. The van der Waals surface area contributed by atoms with Crippen molar-refractivity contribution in [2.45, 2.75) is 51.1 Å². The van der Waals surface area contributed by atoms with Gasteiger partial charge in [0.15, 0.2) is 0 Å². The first-order valence-corrected chi connectivity index (χ1v) is 11.1. The third-order valence-corrected chi connectivity index (χ3v) is 6.54. The van der Waals surface area contributed by atoms with Gasteiger partial charge in [0, 0.05) is 37.6 Å². The summed E-state index contributed by atoms with van der Waals surface area (Å²) in [6, 6.07) is 5.86. The van der Waals surface area contributed by atoms with Gasteiger partial charge in [-0.05, 0) is 43.9 Å². The summed E-state index contributed by atoms with van der Waals surface area (Å²) in [5.41, 5.74) is 13.9. The average Bonchev–Trinajstić information content (AvgIpc) is 2.73. The summed E-state index contributed by atoms with van der Waals surface area (Å²) in [5.74, 6) is 0.790. The molecule has 1 saturated heterocycles. The first kappa shape index (κ1) is 20.8. The molecule has 4 rings (SSSR count). The Balaban J connectivity index is 1.70. The Hall–Kier alpha value is -2.48. The van der Waals surface area contributed by atoms with Crippen molar-refractivity contribution in [1.82, 2.24) is 4.90 Å². The fourth-order valence-corrected chi connectivity index (χ4v) is 5.00. The van der Waals surface area contributed by atoms with E-state index in [1.54, 1.807) is 0 Å². The minimum atomic E-state index is -0.520. The van der Waals surface area contributed by atoms with E-state index < -0.39 is 5.66 Å². The van der Waals surface area contributed by atoms with E-state index in [1.807, 2.05) is 34.9 Å². The molecule has 1 aromatic rings. The average molecular weight is 432 g/mol. The fraction of sp³-hybridized carbons (Fsp3) is 0.571. The van der Waals surface area contributed by atoms with Gasteiger partial charge in [0.05, 0.1) is 11.4 Å². The van der Waals surface area contributed by atoms with E-state index in [0.717, 1.165) is 50.1 Å². The van der Waals surface area contributed by atoms with Crippen molar-refractivity contribution < 1.29 is 4.79 Å². The Morgan fingerprint density at radius 3 is 2.47 bits per heavy atom. The van der Waals surface area contributed by atoms with Crippen LogP contribution in [-0.2, 0) is 4.79 Å². The van der Waals surface area contributed by atoms with Crippen LogP contribution in [0.2, 0.25) is 5.02 Å². The maximum absolute atomic E-state index is 12.1. The van der Waals surface area contributed by atoms with Crippen LogP contribution in [0.15, 0.2) is 28.2 Å². The highest BCUT2D eigenvalue weighted by Gasteiger charge is 2.43. The molecule has 0 bridgehead atoms. The zero-order valence-electron chi connectivity index (χ0n) is 17.5. The summed E-state index contributed by atoms with van der Waals surface area (Å²) < 4.78 is 0. The lowest BCUT2D eigenvalue weighted by Gasteiger charge is -2.47. The number of benzene rings is 1. The fourth-order valence-electron chi connectivity index (χ4n) is 4.83. The van der Waals surface area contributed by atoms with E-state index >= 15 is 0 Å². The molecule has 3 aliphatic rings. The molecule has 8 nitrogen and oxygen atoms in total. The topological polar surface area (TPSA) is 104 Å². The molecule has 0 atom stereocenters. The highest BCUT2D eigenvalue weighted by molar-refractivity contribution is 6.31. The molecule has 1 amide bonds. The number of halogens is 1. The number of carbonyl (C=O) groups is 1. The highest BCUT2D eigenvalue weighted by atomic mass is 35.5. The number of nitrogens with two attached hydrogens (primary N) is 2. The molecular formula is C21H30ClN7O. The lowest BCUT2D eigenvalue weighted by Crippen LogP contribution is -2.59. The van der Waals surface area contributed by atoms with Crippen LogP contribution in [0.1, 0.15) is 45.4 Å². The van der Waals surface area contributed by atoms with Gasteiger partial charge in [0.25, 0.3) is 0 Å². The number of anilines is 2. The number of hydrogen-bond acceptors (Lipinski definition) is 7. The molecular weight excluding hydrogens is 402 g/mol. The maximum atomic E-state index is 12.1. The Morgan fingerprint density at radius 2 is 1.80 bits per heavy atom. The maximum Gasteiger partial charge on any atom is 0.222 e. The molecule has 2 heterocycles. The summed E-state index contributed by atoms with van der Waals surface area (Å²) in [4.78, 5) is 27.4. The summed E-state index contributed by atoms with van der Waals surface area (Å²) in [5, 5.41) is 0.634. The molecule has 2 aliphatic heterocycles. The van der Waals surface area contributed by atoms with Gasteiger partial charge in [-0.25, -0.2) is 4.99 Å². The number of guanidine groups is 2. The zero-order chi connectivity index (χ0) is 21.3. The Kier molecular flexibility index (Phi) is 5.77. The van der Waals surface area contributed by atoms with E-state index in [-0.39, 0.29) is 11.9 Å². The second kappa shape index (κ2) is 8.34. The van der Waals surface area contributed by atoms with Crippen molar-refractivity contribution in [3.63, 3.8) is 0 Å². The van der Waals surface area contributed by atoms with Gasteiger partial charge < -0.3 is 21.3 Å². The Bertz CT molecular complexity index is 870.